The van der Waals surface area contributed by atoms with E-state index in [2.05, 4.69) is 6.58 Å². The number of carbonyl (C=O) groups is 1. The summed E-state index contributed by atoms with van der Waals surface area (Å²) in [6, 6.07) is 0. The fourth-order valence-electron chi connectivity index (χ4n) is 0. The molecule has 0 saturated heterocycles. The maximum absolute atomic E-state index is 9.25. The lowest BCUT2D eigenvalue weighted by atomic mass is 10.7. The Morgan fingerprint density at radius 1 is 1.62 bits per heavy atom. The smallest absolute Gasteiger partial charge is 0.478 e. The highest BCUT2D eigenvalue weighted by molar-refractivity contribution is 5.94. The van der Waals surface area contributed by atoms with Gasteiger partial charge in [0.2, 0.25) is 0 Å². The van der Waals surface area contributed by atoms with Gasteiger partial charge in [-0.2, -0.15) is 0 Å². The van der Waals surface area contributed by atoms with E-state index in [0.717, 1.165) is 6.08 Å². The van der Waals surface area contributed by atoms with Gasteiger partial charge >= 0.3 is 15.3 Å². The molecule has 0 aliphatic heterocycles. The SMILES string of the molecule is C=CC(=O)O.O=[Si]=O. The molecular formula is C3H4O4Si. The lowest BCUT2D eigenvalue weighted by molar-refractivity contribution is -0.131. The molecule has 0 amide bonds. The molecular weight excluding hydrogens is 128 g/mol. The van der Waals surface area contributed by atoms with Gasteiger partial charge in [-0.25, -0.2) is 4.79 Å². The van der Waals surface area contributed by atoms with Crippen molar-refractivity contribution < 1.29 is 18.8 Å². The highest BCUT2D eigenvalue weighted by Crippen LogP contribution is 1.54. The zero-order valence-electron chi connectivity index (χ0n) is 3.96. The standard InChI is InChI=1S/C3H4O2.O2Si/c1-2-3(4)5;1-3-2/h2H,1H2,(H,4,5);. The molecule has 0 saturated carbocycles. The van der Waals surface area contributed by atoms with Gasteiger partial charge in [0.15, 0.2) is 0 Å². The molecule has 0 aliphatic rings. The molecule has 0 radical (unpaired) electrons. The van der Waals surface area contributed by atoms with Crippen molar-refractivity contribution in [1.29, 1.82) is 0 Å². The Morgan fingerprint density at radius 3 is 1.75 bits per heavy atom. The molecule has 44 valence electrons. The first-order valence-corrected chi connectivity index (χ1v) is 2.35. The molecule has 0 aromatic carbocycles. The van der Waals surface area contributed by atoms with E-state index >= 15 is 0 Å². The second-order valence-corrected chi connectivity index (χ2v) is 0.792. The summed E-state index contributed by atoms with van der Waals surface area (Å²) >= 11 is 0. The topological polar surface area (TPSA) is 71.4 Å². The van der Waals surface area contributed by atoms with Crippen LogP contribution in [-0.2, 0) is 13.7 Å². The highest BCUT2D eigenvalue weighted by atomic mass is 28.2. The molecule has 0 rings (SSSR count). The van der Waals surface area contributed by atoms with Crippen molar-refractivity contribution in [3.05, 3.63) is 12.7 Å². The van der Waals surface area contributed by atoms with Crippen LogP contribution in [0, 0.1) is 0 Å². The van der Waals surface area contributed by atoms with Crippen LogP contribution in [0.15, 0.2) is 12.7 Å². The van der Waals surface area contributed by atoms with Crippen molar-refractivity contribution >= 4 is 15.3 Å². The average molecular weight is 132 g/mol. The number of rotatable bonds is 1. The minimum atomic E-state index is -1.42. The van der Waals surface area contributed by atoms with E-state index in [1.165, 1.54) is 0 Å². The van der Waals surface area contributed by atoms with Crippen molar-refractivity contribution in [2.75, 3.05) is 0 Å². The van der Waals surface area contributed by atoms with Crippen molar-refractivity contribution in [2.45, 2.75) is 0 Å². The molecule has 0 spiro atoms. The third-order valence-electron chi connectivity index (χ3n) is 0.175. The molecule has 4 nitrogen and oxygen atoms in total. The Hall–Kier alpha value is -0.973. The van der Waals surface area contributed by atoms with Crippen LogP contribution in [0.4, 0.5) is 0 Å². The Balaban J connectivity index is 0. The average Bonchev–Trinajstić information content (AvgIpc) is 1.69. The maximum Gasteiger partial charge on any atom is 0.549 e. The van der Waals surface area contributed by atoms with Gasteiger partial charge < -0.3 is 5.11 Å². The summed E-state index contributed by atoms with van der Waals surface area (Å²) in [5.74, 6) is -0.981. The molecule has 0 unspecified atom stereocenters. The Labute approximate surface area is 47.8 Å². The summed E-state index contributed by atoms with van der Waals surface area (Å²) in [7, 11) is -1.42. The van der Waals surface area contributed by atoms with Gasteiger partial charge in [0.1, 0.15) is 0 Å². The van der Waals surface area contributed by atoms with Crippen molar-refractivity contribution in [3.8, 4) is 0 Å². The normalized spacial score (nSPS) is 5.00. The number of carboxylic acid groups (broad SMARTS) is 1. The number of aliphatic carboxylic acids is 1. The van der Waals surface area contributed by atoms with Crippen LogP contribution in [-0.4, -0.2) is 20.4 Å². The van der Waals surface area contributed by atoms with Crippen LogP contribution in [0.5, 0.6) is 0 Å². The lowest BCUT2D eigenvalue weighted by Gasteiger charge is -1.64. The second-order valence-electron chi connectivity index (χ2n) is 0.626. The summed E-state index contributed by atoms with van der Waals surface area (Å²) < 4.78 is 16.8. The predicted octanol–water partition coefficient (Wildman–Crippen LogP) is -0.361. The van der Waals surface area contributed by atoms with E-state index < -0.39 is 15.3 Å². The summed E-state index contributed by atoms with van der Waals surface area (Å²) in [5, 5.41) is 7.60. The molecule has 0 aliphatic carbocycles. The molecule has 0 fully saturated rings. The summed E-state index contributed by atoms with van der Waals surface area (Å²) in [6.45, 7) is 2.96. The van der Waals surface area contributed by atoms with Crippen molar-refractivity contribution in [1.82, 2.24) is 0 Å². The lowest BCUT2D eigenvalue weighted by Crippen LogP contribution is -1.82. The summed E-state index contributed by atoms with van der Waals surface area (Å²) in [4.78, 5) is 9.25. The van der Waals surface area contributed by atoms with Gasteiger partial charge in [0, 0.05) is 6.08 Å². The van der Waals surface area contributed by atoms with Crippen LogP contribution in [0.2, 0.25) is 0 Å². The quantitative estimate of drug-likeness (QED) is 0.390. The first kappa shape index (κ1) is 10.1. The second kappa shape index (κ2) is 9.39. The third-order valence-corrected chi connectivity index (χ3v) is 0.175. The molecule has 1 N–H and O–H groups in total. The van der Waals surface area contributed by atoms with Crippen LogP contribution < -0.4 is 0 Å². The van der Waals surface area contributed by atoms with Gasteiger partial charge in [-0.1, -0.05) is 6.58 Å². The van der Waals surface area contributed by atoms with Gasteiger partial charge in [-0.05, 0) is 0 Å². The number of hydrogen-bond donors (Lipinski definition) is 1. The third kappa shape index (κ3) is 77.3. The van der Waals surface area contributed by atoms with E-state index in [4.69, 9.17) is 14.0 Å². The van der Waals surface area contributed by atoms with E-state index in [1.807, 2.05) is 0 Å². The zero-order valence-corrected chi connectivity index (χ0v) is 4.96. The van der Waals surface area contributed by atoms with Crippen molar-refractivity contribution in [3.63, 3.8) is 0 Å². The zero-order chi connectivity index (χ0) is 6.99. The van der Waals surface area contributed by atoms with Crippen molar-refractivity contribution in [2.24, 2.45) is 0 Å². The highest BCUT2D eigenvalue weighted by Gasteiger charge is 1.73. The molecule has 0 aromatic heterocycles. The predicted molar refractivity (Wildman–Crippen MR) is 25.0 cm³/mol. The fourth-order valence-corrected chi connectivity index (χ4v) is 0. The largest absolute Gasteiger partial charge is 0.549 e. The monoisotopic (exact) mass is 132 g/mol. The van der Waals surface area contributed by atoms with Crippen LogP contribution in [0.3, 0.4) is 0 Å². The van der Waals surface area contributed by atoms with Gasteiger partial charge in [0.05, 0.1) is 0 Å². The number of hydrogen-bond acceptors (Lipinski definition) is 3. The molecule has 0 aromatic rings. The minimum absolute atomic E-state index is 0.833. The maximum atomic E-state index is 9.25. The number of carboxylic acids is 1. The van der Waals surface area contributed by atoms with Gasteiger partial charge in [-0.15, -0.1) is 0 Å². The van der Waals surface area contributed by atoms with E-state index in [9.17, 15) is 4.79 Å². The first-order chi connectivity index (χ1) is 3.68. The van der Waals surface area contributed by atoms with E-state index in [-0.39, 0.29) is 0 Å². The van der Waals surface area contributed by atoms with Crippen LogP contribution in [0.25, 0.3) is 0 Å². The first-order valence-electron chi connectivity index (χ1n) is 1.53. The van der Waals surface area contributed by atoms with Crippen LogP contribution >= 0.6 is 0 Å². The Morgan fingerprint density at radius 2 is 1.75 bits per heavy atom. The van der Waals surface area contributed by atoms with E-state index in [0.29, 0.717) is 0 Å². The molecule has 5 heteroatoms. The molecule has 0 heterocycles. The molecule has 0 atom stereocenters. The summed E-state index contributed by atoms with van der Waals surface area (Å²) in [6.07, 6.45) is 0.833. The Bertz CT molecular complexity index is 112. The summed E-state index contributed by atoms with van der Waals surface area (Å²) in [5.41, 5.74) is 0. The minimum Gasteiger partial charge on any atom is -0.478 e. The Kier molecular flexibility index (Phi) is 11.9. The molecule has 0 bridgehead atoms. The van der Waals surface area contributed by atoms with Gasteiger partial charge in [-0.3, -0.25) is 8.92 Å². The van der Waals surface area contributed by atoms with Crippen LogP contribution in [0.1, 0.15) is 0 Å². The van der Waals surface area contributed by atoms with Gasteiger partial charge in [0.25, 0.3) is 0 Å². The fraction of sp³-hybridized carbons (Fsp3) is 0. The molecule has 8 heavy (non-hydrogen) atoms. The van der Waals surface area contributed by atoms with E-state index in [1.54, 1.807) is 0 Å².